The zero-order chi connectivity index (χ0) is 14.0. The topological polar surface area (TPSA) is 84.2 Å². The van der Waals surface area contributed by atoms with Gasteiger partial charge >= 0.3 is 0 Å². The number of rotatable bonds is 4. The van der Waals surface area contributed by atoms with E-state index in [4.69, 9.17) is 5.73 Å². The smallest absolute Gasteiger partial charge is 0.242 e. The van der Waals surface area contributed by atoms with Gasteiger partial charge in [0.1, 0.15) is 6.04 Å². The molecule has 1 fully saturated rings. The number of hydrogen-bond acceptors (Lipinski definition) is 3. The van der Waals surface area contributed by atoms with Crippen molar-refractivity contribution in [2.24, 2.45) is 0 Å². The molecule has 5 nitrogen and oxygen atoms in total. The molecule has 0 radical (unpaired) electrons. The predicted octanol–water partition coefficient (Wildman–Crippen LogP) is 0.551. The molecule has 1 aliphatic rings. The summed E-state index contributed by atoms with van der Waals surface area (Å²) in [7, 11) is 1.55. The van der Waals surface area contributed by atoms with Crippen LogP contribution in [0.2, 0.25) is 0 Å². The molecule has 1 unspecified atom stereocenters. The van der Waals surface area contributed by atoms with Gasteiger partial charge in [0.05, 0.1) is 5.41 Å². The number of carbonyl (C=O) groups is 2. The number of nitrogens with two attached hydrogens (primary N) is 1. The summed E-state index contributed by atoms with van der Waals surface area (Å²) in [6.45, 7) is 1.68. The van der Waals surface area contributed by atoms with Crippen molar-refractivity contribution in [3.63, 3.8) is 0 Å². The Morgan fingerprint density at radius 3 is 2.32 bits per heavy atom. The molecule has 2 amide bonds. The molecule has 4 N–H and O–H groups in total. The van der Waals surface area contributed by atoms with Crippen molar-refractivity contribution in [2.75, 3.05) is 12.8 Å². The molecular formula is C14H19N3O2. The third-order valence-electron chi connectivity index (χ3n) is 3.64. The average molecular weight is 261 g/mol. The molecule has 5 heteroatoms. The van der Waals surface area contributed by atoms with Crippen LogP contribution < -0.4 is 16.4 Å². The Morgan fingerprint density at radius 2 is 1.84 bits per heavy atom. The number of hydrogen-bond donors (Lipinski definition) is 3. The van der Waals surface area contributed by atoms with Crippen LogP contribution in [0.15, 0.2) is 24.3 Å². The molecule has 0 bridgehead atoms. The Kier molecular flexibility index (Phi) is 3.46. The van der Waals surface area contributed by atoms with Crippen LogP contribution in [0, 0.1) is 0 Å². The first-order chi connectivity index (χ1) is 8.99. The van der Waals surface area contributed by atoms with Crippen LogP contribution in [0.5, 0.6) is 0 Å². The van der Waals surface area contributed by atoms with Crippen molar-refractivity contribution in [1.29, 1.82) is 0 Å². The quantitative estimate of drug-likeness (QED) is 0.692. The minimum Gasteiger partial charge on any atom is -0.399 e. The lowest BCUT2D eigenvalue weighted by Gasteiger charge is -2.19. The van der Waals surface area contributed by atoms with Gasteiger partial charge in [-0.15, -0.1) is 0 Å². The highest BCUT2D eigenvalue weighted by molar-refractivity contribution is 5.95. The van der Waals surface area contributed by atoms with Crippen molar-refractivity contribution in [3.05, 3.63) is 29.8 Å². The molecule has 0 aromatic heterocycles. The lowest BCUT2D eigenvalue weighted by atomic mass is 9.94. The number of amides is 2. The van der Waals surface area contributed by atoms with Gasteiger partial charge in [-0.3, -0.25) is 9.59 Å². The minimum atomic E-state index is -0.524. The number of nitrogens with one attached hydrogen (secondary N) is 2. The first-order valence-corrected chi connectivity index (χ1v) is 6.38. The van der Waals surface area contributed by atoms with Crippen molar-refractivity contribution >= 4 is 17.5 Å². The van der Waals surface area contributed by atoms with Crippen LogP contribution in [-0.4, -0.2) is 24.9 Å². The number of carbonyl (C=O) groups excluding carboxylic acids is 2. The summed E-state index contributed by atoms with van der Waals surface area (Å²) in [5.41, 5.74) is 6.82. The second-order valence-electron chi connectivity index (χ2n) is 5.01. The van der Waals surface area contributed by atoms with Gasteiger partial charge in [0.2, 0.25) is 11.8 Å². The second-order valence-corrected chi connectivity index (χ2v) is 5.01. The summed E-state index contributed by atoms with van der Waals surface area (Å²) in [6, 6.07) is 6.83. The minimum absolute atomic E-state index is 0.0895. The molecule has 1 saturated carbocycles. The van der Waals surface area contributed by atoms with E-state index in [0.29, 0.717) is 5.69 Å². The number of anilines is 1. The predicted molar refractivity (Wildman–Crippen MR) is 73.4 cm³/mol. The Morgan fingerprint density at radius 1 is 1.26 bits per heavy atom. The molecule has 1 atom stereocenters. The summed E-state index contributed by atoms with van der Waals surface area (Å²) >= 11 is 0. The van der Waals surface area contributed by atoms with E-state index in [0.717, 1.165) is 18.4 Å². The van der Waals surface area contributed by atoms with Crippen LogP contribution in [0.25, 0.3) is 0 Å². The van der Waals surface area contributed by atoms with Gasteiger partial charge < -0.3 is 16.4 Å². The van der Waals surface area contributed by atoms with E-state index >= 15 is 0 Å². The van der Waals surface area contributed by atoms with E-state index < -0.39 is 11.5 Å². The van der Waals surface area contributed by atoms with E-state index in [1.165, 1.54) is 0 Å². The van der Waals surface area contributed by atoms with E-state index in [9.17, 15) is 9.59 Å². The van der Waals surface area contributed by atoms with Gasteiger partial charge in [-0.05, 0) is 37.5 Å². The molecule has 102 valence electrons. The van der Waals surface area contributed by atoms with E-state index in [1.54, 1.807) is 26.1 Å². The van der Waals surface area contributed by atoms with Crippen LogP contribution in [-0.2, 0) is 15.0 Å². The highest BCUT2D eigenvalue weighted by Gasteiger charge is 2.51. The number of nitrogen functional groups attached to an aromatic ring is 1. The molecule has 19 heavy (non-hydrogen) atoms. The Bertz CT molecular complexity index is 492. The van der Waals surface area contributed by atoms with Gasteiger partial charge in [-0.25, -0.2) is 0 Å². The van der Waals surface area contributed by atoms with E-state index in [1.807, 2.05) is 12.1 Å². The molecule has 0 saturated heterocycles. The molecule has 1 aromatic rings. The average Bonchev–Trinajstić information content (AvgIpc) is 3.20. The van der Waals surface area contributed by atoms with E-state index in [-0.39, 0.29) is 11.8 Å². The fourth-order valence-electron chi connectivity index (χ4n) is 2.19. The highest BCUT2D eigenvalue weighted by atomic mass is 16.2. The van der Waals surface area contributed by atoms with Crippen molar-refractivity contribution < 1.29 is 9.59 Å². The van der Waals surface area contributed by atoms with Crippen LogP contribution in [0.3, 0.4) is 0 Å². The molecule has 2 rings (SSSR count). The third kappa shape index (κ3) is 2.54. The van der Waals surface area contributed by atoms with Gasteiger partial charge in [0.25, 0.3) is 0 Å². The van der Waals surface area contributed by atoms with Gasteiger partial charge in [0, 0.05) is 12.7 Å². The van der Waals surface area contributed by atoms with Crippen LogP contribution >= 0.6 is 0 Å². The zero-order valence-electron chi connectivity index (χ0n) is 11.2. The maximum atomic E-state index is 12.3. The first kappa shape index (κ1) is 13.4. The fraction of sp³-hybridized carbons (Fsp3) is 0.429. The van der Waals surface area contributed by atoms with Gasteiger partial charge in [0.15, 0.2) is 0 Å². The summed E-state index contributed by atoms with van der Waals surface area (Å²) in [5.74, 6) is -0.283. The standard InChI is InChI=1S/C14H19N3O2/c1-9(12(18)16-2)17-13(19)14(7-8-14)10-3-5-11(15)6-4-10/h3-6,9H,7-8,15H2,1-2H3,(H,16,18)(H,17,19). The number of likely N-dealkylation sites (N-methyl/N-ethyl adjacent to an activating group) is 1. The van der Waals surface area contributed by atoms with Crippen molar-refractivity contribution in [3.8, 4) is 0 Å². The molecule has 0 spiro atoms. The summed E-state index contributed by atoms with van der Waals surface area (Å²) in [4.78, 5) is 23.8. The summed E-state index contributed by atoms with van der Waals surface area (Å²) in [6.07, 6.45) is 1.62. The largest absolute Gasteiger partial charge is 0.399 e. The first-order valence-electron chi connectivity index (χ1n) is 6.38. The van der Waals surface area contributed by atoms with Crippen LogP contribution in [0.4, 0.5) is 5.69 Å². The van der Waals surface area contributed by atoms with E-state index in [2.05, 4.69) is 10.6 Å². The molecule has 1 aliphatic carbocycles. The lowest BCUT2D eigenvalue weighted by Crippen LogP contribution is -2.47. The van der Waals surface area contributed by atoms with Crippen LogP contribution in [0.1, 0.15) is 25.3 Å². The maximum Gasteiger partial charge on any atom is 0.242 e. The normalized spacial score (nSPS) is 17.4. The SMILES string of the molecule is CNC(=O)C(C)NC(=O)C1(c2ccc(N)cc2)CC1. The second kappa shape index (κ2) is 4.91. The lowest BCUT2D eigenvalue weighted by molar-refractivity contribution is -0.129. The molecular weight excluding hydrogens is 242 g/mol. The fourth-order valence-corrected chi connectivity index (χ4v) is 2.19. The van der Waals surface area contributed by atoms with Gasteiger partial charge in [-0.1, -0.05) is 12.1 Å². The monoisotopic (exact) mass is 261 g/mol. The summed E-state index contributed by atoms with van der Waals surface area (Å²) < 4.78 is 0. The molecule has 1 aromatic carbocycles. The van der Waals surface area contributed by atoms with Crippen molar-refractivity contribution in [1.82, 2.24) is 10.6 Å². The third-order valence-corrected chi connectivity index (χ3v) is 3.64. The Hall–Kier alpha value is -2.04. The molecule has 0 heterocycles. The summed E-state index contributed by atoms with van der Waals surface area (Å²) in [5, 5.41) is 5.28. The maximum absolute atomic E-state index is 12.3. The van der Waals surface area contributed by atoms with Crippen molar-refractivity contribution in [2.45, 2.75) is 31.2 Å². The number of benzene rings is 1. The Labute approximate surface area is 112 Å². The van der Waals surface area contributed by atoms with Gasteiger partial charge in [-0.2, -0.15) is 0 Å². The Balaban J connectivity index is 2.10. The highest BCUT2D eigenvalue weighted by Crippen LogP contribution is 2.48. The molecule has 0 aliphatic heterocycles. The zero-order valence-corrected chi connectivity index (χ0v) is 11.2.